The second-order valence-electron chi connectivity index (χ2n) is 4.16. The van der Waals surface area contributed by atoms with Crippen LogP contribution in [0.2, 0.25) is 0 Å². The maximum atomic E-state index is 5.78. The zero-order valence-corrected chi connectivity index (χ0v) is 11.5. The second-order valence-corrected chi connectivity index (χ2v) is 5.38. The number of hydrogen-bond acceptors (Lipinski definition) is 4. The first-order valence-electron chi connectivity index (χ1n) is 5.90. The molecule has 0 atom stereocenters. The number of nitrogens with zero attached hydrogens (tertiary/aromatic N) is 1. The number of nitrogens with two attached hydrogens (primary N) is 1. The number of rotatable bonds is 8. The van der Waals surface area contributed by atoms with Gasteiger partial charge in [0.15, 0.2) is 0 Å². The van der Waals surface area contributed by atoms with E-state index in [2.05, 4.69) is 19.0 Å². The van der Waals surface area contributed by atoms with Crippen LogP contribution in [0.1, 0.15) is 6.42 Å². The molecule has 1 rings (SSSR count). The van der Waals surface area contributed by atoms with Crippen LogP contribution in [0.3, 0.4) is 0 Å². The van der Waals surface area contributed by atoms with Crippen LogP contribution >= 0.6 is 11.8 Å². The summed E-state index contributed by atoms with van der Waals surface area (Å²) in [7, 11) is 4.20. The van der Waals surface area contributed by atoms with E-state index >= 15 is 0 Å². The third-order valence-electron chi connectivity index (χ3n) is 2.29. The van der Waals surface area contributed by atoms with E-state index in [0.717, 1.165) is 31.1 Å². The summed E-state index contributed by atoms with van der Waals surface area (Å²) in [6, 6.07) is 7.63. The Morgan fingerprint density at radius 1 is 1.24 bits per heavy atom. The lowest BCUT2D eigenvalue weighted by Gasteiger charge is -2.10. The van der Waals surface area contributed by atoms with E-state index in [-0.39, 0.29) is 0 Å². The summed E-state index contributed by atoms with van der Waals surface area (Å²) in [5.41, 5.74) is 6.50. The Hall–Kier alpha value is -0.870. The number of thioether (sulfide) groups is 1. The van der Waals surface area contributed by atoms with Crippen LogP contribution in [0.5, 0.6) is 5.75 Å². The Bertz CT molecular complexity index is 318. The molecule has 1 aromatic rings. The smallest absolute Gasteiger partial charge is 0.142 e. The van der Waals surface area contributed by atoms with Gasteiger partial charge in [-0.05, 0) is 38.4 Å². The highest BCUT2D eigenvalue weighted by Crippen LogP contribution is 2.19. The zero-order chi connectivity index (χ0) is 12.5. The monoisotopic (exact) mass is 254 g/mol. The van der Waals surface area contributed by atoms with Gasteiger partial charge in [0.2, 0.25) is 0 Å². The van der Waals surface area contributed by atoms with Crippen molar-refractivity contribution in [1.29, 1.82) is 0 Å². The minimum Gasteiger partial charge on any atom is -0.491 e. The molecule has 0 unspecified atom stereocenters. The highest BCUT2D eigenvalue weighted by atomic mass is 32.2. The fraction of sp³-hybridized carbons (Fsp3) is 0.538. The standard InChI is InChI=1S/C13H22N2OS/c1-15(2)8-11-17-10-5-9-16-13-7-4-3-6-12(13)14/h3-4,6-7H,5,8-11,14H2,1-2H3. The van der Waals surface area contributed by atoms with Gasteiger partial charge in [0.25, 0.3) is 0 Å². The normalized spacial score (nSPS) is 10.8. The molecule has 0 saturated heterocycles. The zero-order valence-electron chi connectivity index (χ0n) is 10.7. The molecular formula is C13H22N2OS. The van der Waals surface area contributed by atoms with Gasteiger partial charge in [-0.3, -0.25) is 0 Å². The molecule has 3 nitrogen and oxygen atoms in total. The first kappa shape index (κ1) is 14.2. The van der Waals surface area contributed by atoms with Gasteiger partial charge < -0.3 is 15.4 Å². The molecular weight excluding hydrogens is 232 g/mol. The SMILES string of the molecule is CN(C)CCSCCCOc1ccccc1N. The second kappa shape index (κ2) is 8.25. The molecule has 0 amide bonds. The molecule has 0 saturated carbocycles. The van der Waals surface area contributed by atoms with Crippen LogP contribution in [0.4, 0.5) is 5.69 Å². The summed E-state index contributed by atoms with van der Waals surface area (Å²) in [4.78, 5) is 2.20. The van der Waals surface area contributed by atoms with Crippen molar-refractivity contribution in [1.82, 2.24) is 4.90 Å². The highest BCUT2D eigenvalue weighted by molar-refractivity contribution is 7.99. The molecule has 0 bridgehead atoms. The van der Waals surface area contributed by atoms with E-state index in [1.165, 1.54) is 5.75 Å². The molecule has 0 spiro atoms. The predicted molar refractivity (Wildman–Crippen MR) is 76.8 cm³/mol. The van der Waals surface area contributed by atoms with Crippen LogP contribution in [0.25, 0.3) is 0 Å². The third kappa shape index (κ3) is 6.44. The average molecular weight is 254 g/mol. The Balaban J connectivity index is 2.03. The minimum atomic E-state index is 0.716. The number of hydrogen-bond donors (Lipinski definition) is 1. The lowest BCUT2D eigenvalue weighted by Crippen LogP contribution is -2.15. The molecule has 2 N–H and O–H groups in total. The van der Waals surface area contributed by atoms with Crippen molar-refractivity contribution in [3.8, 4) is 5.75 Å². The molecule has 1 aromatic carbocycles. The first-order chi connectivity index (χ1) is 8.20. The third-order valence-corrected chi connectivity index (χ3v) is 3.34. The Morgan fingerprint density at radius 2 is 2.00 bits per heavy atom. The maximum absolute atomic E-state index is 5.78. The lowest BCUT2D eigenvalue weighted by molar-refractivity contribution is 0.320. The predicted octanol–water partition coefficient (Wildman–Crippen LogP) is 2.33. The number of anilines is 1. The van der Waals surface area contributed by atoms with Crippen molar-refractivity contribution < 1.29 is 4.74 Å². The molecule has 96 valence electrons. The summed E-state index contributed by atoms with van der Waals surface area (Å²) in [5.74, 6) is 3.12. The van der Waals surface area contributed by atoms with E-state index in [1.54, 1.807) is 0 Å². The molecule has 0 fully saturated rings. The summed E-state index contributed by atoms with van der Waals surface area (Å²) in [6.45, 7) is 1.88. The van der Waals surface area contributed by atoms with E-state index in [4.69, 9.17) is 10.5 Å². The van der Waals surface area contributed by atoms with E-state index < -0.39 is 0 Å². The summed E-state index contributed by atoms with van der Waals surface area (Å²) < 4.78 is 5.62. The fourth-order valence-corrected chi connectivity index (χ4v) is 2.32. The number of para-hydroxylation sites is 2. The fourth-order valence-electron chi connectivity index (χ4n) is 1.30. The average Bonchev–Trinajstić information content (AvgIpc) is 2.30. The number of ether oxygens (including phenoxy) is 1. The van der Waals surface area contributed by atoms with Gasteiger partial charge in [0.05, 0.1) is 12.3 Å². The summed E-state index contributed by atoms with van der Waals surface area (Å²) >= 11 is 1.97. The van der Waals surface area contributed by atoms with Gasteiger partial charge in [-0.2, -0.15) is 11.8 Å². The van der Waals surface area contributed by atoms with Crippen molar-refractivity contribution in [2.24, 2.45) is 0 Å². The molecule has 4 heteroatoms. The number of nitrogen functional groups attached to an aromatic ring is 1. The van der Waals surface area contributed by atoms with Gasteiger partial charge in [-0.1, -0.05) is 12.1 Å². The van der Waals surface area contributed by atoms with Crippen LogP contribution in [0.15, 0.2) is 24.3 Å². The molecule has 17 heavy (non-hydrogen) atoms. The van der Waals surface area contributed by atoms with E-state index in [9.17, 15) is 0 Å². The van der Waals surface area contributed by atoms with E-state index in [1.807, 2.05) is 36.0 Å². The van der Waals surface area contributed by atoms with Gasteiger partial charge in [-0.25, -0.2) is 0 Å². The summed E-state index contributed by atoms with van der Waals surface area (Å²) in [6.07, 6.45) is 1.06. The molecule has 0 radical (unpaired) electrons. The van der Waals surface area contributed by atoms with Gasteiger partial charge in [0.1, 0.15) is 5.75 Å². The quantitative estimate of drug-likeness (QED) is 0.571. The van der Waals surface area contributed by atoms with Gasteiger partial charge in [-0.15, -0.1) is 0 Å². The highest BCUT2D eigenvalue weighted by Gasteiger charge is 1.98. The first-order valence-corrected chi connectivity index (χ1v) is 7.05. The molecule has 0 aromatic heterocycles. The van der Waals surface area contributed by atoms with Gasteiger partial charge >= 0.3 is 0 Å². The van der Waals surface area contributed by atoms with Crippen molar-refractivity contribution >= 4 is 17.4 Å². The van der Waals surface area contributed by atoms with Crippen molar-refractivity contribution in [3.63, 3.8) is 0 Å². The van der Waals surface area contributed by atoms with Gasteiger partial charge in [0, 0.05) is 12.3 Å². The maximum Gasteiger partial charge on any atom is 0.142 e. The van der Waals surface area contributed by atoms with E-state index in [0.29, 0.717) is 5.69 Å². The van der Waals surface area contributed by atoms with Crippen LogP contribution in [0, 0.1) is 0 Å². The van der Waals surface area contributed by atoms with Crippen LogP contribution in [-0.4, -0.2) is 43.7 Å². The van der Waals surface area contributed by atoms with Crippen molar-refractivity contribution in [3.05, 3.63) is 24.3 Å². The Labute approximate surface area is 108 Å². The number of benzene rings is 1. The molecule has 0 heterocycles. The lowest BCUT2D eigenvalue weighted by atomic mass is 10.3. The van der Waals surface area contributed by atoms with Crippen LogP contribution < -0.4 is 10.5 Å². The Morgan fingerprint density at radius 3 is 2.71 bits per heavy atom. The largest absolute Gasteiger partial charge is 0.491 e. The van der Waals surface area contributed by atoms with Crippen LogP contribution in [-0.2, 0) is 0 Å². The molecule has 0 aliphatic heterocycles. The summed E-state index contributed by atoms with van der Waals surface area (Å²) in [5, 5.41) is 0. The minimum absolute atomic E-state index is 0.716. The van der Waals surface area contributed by atoms with Crippen molar-refractivity contribution in [2.45, 2.75) is 6.42 Å². The molecule has 0 aliphatic rings. The molecule has 0 aliphatic carbocycles. The topological polar surface area (TPSA) is 38.5 Å². The Kier molecular flexibility index (Phi) is 6.89. The van der Waals surface area contributed by atoms with Crippen molar-refractivity contribution in [2.75, 3.05) is 44.5 Å².